The van der Waals surface area contributed by atoms with Crippen molar-refractivity contribution in [1.29, 1.82) is 0 Å². The Labute approximate surface area is 112 Å². The molecule has 0 aromatic carbocycles. The Kier molecular flexibility index (Phi) is 5.16. The molecule has 0 radical (unpaired) electrons. The van der Waals surface area contributed by atoms with Crippen LogP contribution >= 0.6 is 11.3 Å². The average Bonchev–Trinajstić information content (AvgIpc) is 2.80. The SMILES string of the molecule is CC(C)C(C)NC(=O)NCC(C)(O)c1cccs1. The minimum absolute atomic E-state index is 0.108. The molecule has 1 heterocycles. The minimum Gasteiger partial charge on any atom is -0.383 e. The van der Waals surface area contributed by atoms with Gasteiger partial charge in [-0.1, -0.05) is 19.9 Å². The normalized spacial score (nSPS) is 16.1. The van der Waals surface area contributed by atoms with Gasteiger partial charge in [-0.25, -0.2) is 4.79 Å². The van der Waals surface area contributed by atoms with Gasteiger partial charge < -0.3 is 15.7 Å². The first-order valence-corrected chi connectivity index (χ1v) is 7.01. The summed E-state index contributed by atoms with van der Waals surface area (Å²) in [4.78, 5) is 12.5. The summed E-state index contributed by atoms with van der Waals surface area (Å²) in [6.07, 6.45) is 0. The first-order chi connectivity index (χ1) is 8.33. The topological polar surface area (TPSA) is 61.4 Å². The van der Waals surface area contributed by atoms with Crippen LogP contribution in [-0.4, -0.2) is 23.7 Å². The highest BCUT2D eigenvalue weighted by Crippen LogP contribution is 2.24. The predicted molar refractivity (Wildman–Crippen MR) is 74.7 cm³/mol. The number of rotatable bonds is 5. The highest BCUT2D eigenvalue weighted by atomic mass is 32.1. The summed E-state index contributed by atoms with van der Waals surface area (Å²) in [6.45, 7) is 7.95. The molecular formula is C13H22N2O2S. The van der Waals surface area contributed by atoms with Crippen LogP contribution in [0, 0.1) is 5.92 Å². The molecule has 18 heavy (non-hydrogen) atoms. The van der Waals surface area contributed by atoms with Crippen molar-refractivity contribution in [2.45, 2.75) is 39.3 Å². The van der Waals surface area contributed by atoms with Gasteiger partial charge in [-0.05, 0) is 31.2 Å². The van der Waals surface area contributed by atoms with Crippen molar-refractivity contribution in [2.24, 2.45) is 5.92 Å². The molecule has 0 aliphatic carbocycles. The fraction of sp³-hybridized carbons (Fsp3) is 0.615. The van der Waals surface area contributed by atoms with Gasteiger partial charge in [-0.3, -0.25) is 0 Å². The van der Waals surface area contributed by atoms with E-state index in [4.69, 9.17) is 0 Å². The van der Waals surface area contributed by atoms with Crippen LogP contribution in [0.4, 0.5) is 4.79 Å². The van der Waals surface area contributed by atoms with Gasteiger partial charge in [-0.2, -0.15) is 0 Å². The van der Waals surface area contributed by atoms with Crippen LogP contribution in [0.25, 0.3) is 0 Å². The number of aliphatic hydroxyl groups is 1. The highest BCUT2D eigenvalue weighted by molar-refractivity contribution is 7.10. The summed E-state index contributed by atoms with van der Waals surface area (Å²) in [5, 5.41) is 17.7. The molecule has 1 aromatic rings. The standard InChI is InChI=1S/C13H22N2O2S/c1-9(2)10(3)15-12(16)14-8-13(4,17)11-6-5-7-18-11/h5-7,9-10,17H,8H2,1-4H3,(H2,14,15,16). The molecule has 3 N–H and O–H groups in total. The fourth-order valence-corrected chi connectivity index (χ4v) is 2.14. The molecule has 0 saturated heterocycles. The van der Waals surface area contributed by atoms with Crippen molar-refractivity contribution in [2.75, 3.05) is 6.54 Å². The van der Waals surface area contributed by atoms with Crippen molar-refractivity contribution in [3.8, 4) is 0 Å². The Bertz CT molecular complexity index is 374. The van der Waals surface area contributed by atoms with Gasteiger partial charge in [0.05, 0.1) is 6.54 Å². The Hall–Kier alpha value is -1.07. The number of amides is 2. The molecule has 2 amide bonds. The smallest absolute Gasteiger partial charge is 0.315 e. The molecule has 0 aliphatic rings. The number of hydrogen-bond acceptors (Lipinski definition) is 3. The van der Waals surface area contributed by atoms with Crippen molar-refractivity contribution in [1.82, 2.24) is 10.6 Å². The molecule has 0 saturated carbocycles. The van der Waals surface area contributed by atoms with Crippen molar-refractivity contribution < 1.29 is 9.90 Å². The summed E-state index contributed by atoms with van der Waals surface area (Å²) in [5.41, 5.74) is -1.02. The number of urea groups is 1. The number of carbonyl (C=O) groups excluding carboxylic acids is 1. The third-order valence-electron chi connectivity index (χ3n) is 3.00. The van der Waals surface area contributed by atoms with Crippen LogP contribution in [0.15, 0.2) is 17.5 Å². The summed E-state index contributed by atoms with van der Waals surface area (Å²) in [6, 6.07) is 3.61. The maximum atomic E-state index is 11.6. The maximum absolute atomic E-state index is 11.6. The fourth-order valence-electron chi connectivity index (χ4n) is 1.35. The van der Waals surface area contributed by atoms with Crippen LogP contribution in [-0.2, 0) is 5.60 Å². The van der Waals surface area contributed by atoms with E-state index in [1.54, 1.807) is 6.92 Å². The molecule has 102 valence electrons. The van der Waals surface area contributed by atoms with E-state index >= 15 is 0 Å². The second-order valence-electron chi connectivity index (χ2n) is 5.11. The minimum atomic E-state index is -1.02. The lowest BCUT2D eigenvalue weighted by molar-refractivity contribution is 0.0629. The second kappa shape index (κ2) is 6.20. The van der Waals surface area contributed by atoms with E-state index < -0.39 is 5.60 Å². The summed E-state index contributed by atoms with van der Waals surface area (Å²) in [5.74, 6) is 0.383. The molecule has 4 nitrogen and oxygen atoms in total. The van der Waals surface area contributed by atoms with Crippen molar-refractivity contribution in [3.63, 3.8) is 0 Å². The number of nitrogens with one attached hydrogen (secondary N) is 2. The number of hydrogen-bond donors (Lipinski definition) is 3. The van der Waals surface area contributed by atoms with Crippen molar-refractivity contribution >= 4 is 17.4 Å². The highest BCUT2D eigenvalue weighted by Gasteiger charge is 2.25. The molecular weight excluding hydrogens is 248 g/mol. The first kappa shape index (κ1) is 15.0. The van der Waals surface area contributed by atoms with Crippen LogP contribution in [0.5, 0.6) is 0 Å². The van der Waals surface area contributed by atoms with E-state index in [9.17, 15) is 9.90 Å². The van der Waals surface area contributed by atoms with Gasteiger partial charge in [0.15, 0.2) is 0 Å². The second-order valence-corrected chi connectivity index (χ2v) is 6.06. The zero-order valence-electron chi connectivity index (χ0n) is 11.4. The van der Waals surface area contributed by atoms with E-state index in [0.717, 1.165) is 4.88 Å². The lowest BCUT2D eigenvalue weighted by Gasteiger charge is -2.24. The molecule has 2 unspecified atom stereocenters. The van der Waals surface area contributed by atoms with Gasteiger partial charge in [-0.15, -0.1) is 11.3 Å². The lowest BCUT2D eigenvalue weighted by atomic mass is 10.1. The van der Waals surface area contributed by atoms with Crippen LogP contribution in [0.3, 0.4) is 0 Å². The van der Waals surface area contributed by atoms with E-state index in [0.29, 0.717) is 5.92 Å². The van der Waals surface area contributed by atoms with Gasteiger partial charge >= 0.3 is 6.03 Å². The maximum Gasteiger partial charge on any atom is 0.315 e. The molecule has 1 aromatic heterocycles. The largest absolute Gasteiger partial charge is 0.383 e. The predicted octanol–water partition coefficient (Wildman–Crippen LogP) is 2.30. The first-order valence-electron chi connectivity index (χ1n) is 6.13. The third kappa shape index (κ3) is 4.31. The van der Waals surface area contributed by atoms with Gasteiger partial charge in [0.1, 0.15) is 5.60 Å². The monoisotopic (exact) mass is 270 g/mol. The molecule has 0 spiro atoms. The average molecular weight is 270 g/mol. The van der Waals surface area contributed by atoms with E-state index in [2.05, 4.69) is 10.6 Å². The molecule has 2 atom stereocenters. The quantitative estimate of drug-likeness (QED) is 0.769. The Morgan fingerprint density at radius 3 is 2.67 bits per heavy atom. The molecule has 0 bridgehead atoms. The number of thiophene rings is 1. The van der Waals surface area contributed by atoms with Gasteiger partial charge in [0, 0.05) is 10.9 Å². The Morgan fingerprint density at radius 2 is 2.17 bits per heavy atom. The van der Waals surface area contributed by atoms with Gasteiger partial charge in [0.25, 0.3) is 0 Å². The molecule has 0 aliphatic heterocycles. The lowest BCUT2D eigenvalue weighted by Crippen LogP contribution is -2.47. The van der Waals surface area contributed by atoms with Crippen molar-refractivity contribution in [3.05, 3.63) is 22.4 Å². The Balaban J connectivity index is 2.43. The molecule has 5 heteroatoms. The van der Waals surface area contributed by atoms with E-state index in [1.807, 2.05) is 38.3 Å². The van der Waals surface area contributed by atoms with E-state index in [-0.39, 0.29) is 18.6 Å². The summed E-state index contributed by atoms with van der Waals surface area (Å²) >= 11 is 1.48. The van der Waals surface area contributed by atoms with E-state index in [1.165, 1.54) is 11.3 Å². The van der Waals surface area contributed by atoms with Crippen LogP contribution < -0.4 is 10.6 Å². The van der Waals surface area contributed by atoms with Crippen LogP contribution in [0.2, 0.25) is 0 Å². The number of carbonyl (C=O) groups is 1. The summed E-state index contributed by atoms with van der Waals surface area (Å²) in [7, 11) is 0. The molecule has 0 fully saturated rings. The Morgan fingerprint density at radius 1 is 1.50 bits per heavy atom. The zero-order valence-corrected chi connectivity index (χ0v) is 12.2. The van der Waals surface area contributed by atoms with Crippen LogP contribution in [0.1, 0.15) is 32.6 Å². The third-order valence-corrected chi connectivity index (χ3v) is 4.13. The summed E-state index contributed by atoms with van der Waals surface area (Å²) < 4.78 is 0. The zero-order chi connectivity index (χ0) is 13.8. The van der Waals surface area contributed by atoms with Gasteiger partial charge in [0.2, 0.25) is 0 Å². The molecule has 1 rings (SSSR count).